The normalized spacial score (nSPS) is 17.4. The molecule has 2 heterocycles. The van der Waals surface area contributed by atoms with Crippen LogP contribution in [0.15, 0.2) is 12.1 Å². The van der Waals surface area contributed by atoms with Gasteiger partial charge in [-0.15, -0.1) is 0 Å². The van der Waals surface area contributed by atoms with E-state index in [1.165, 1.54) is 0 Å². The first-order valence-corrected chi connectivity index (χ1v) is 6.96. The standard InChI is InChI=1S/C14H20F3N3/c1-3-10-4-6-20(7-5-10)13-9-11(14(15,16)17)8-12(18-2)19-13/h8-10H,3-7H2,1-2H3,(H,18,19). The zero-order chi connectivity index (χ0) is 14.8. The topological polar surface area (TPSA) is 28.2 Å². The highest BCUT2D eigenvalue weighted by molar-refractivity contribution is 5.51. The molecule has 1 fully saturated rings. The van der Waals surface area contributed by atoms with E-state index < -0.39 is 11.7 Å². The number of hydrogen-bond acceptors (Lipinski definition) is 3. The van der Waals surface area contributed by atoms with Gasteiger partial charge < -0.3 is 10.2 Å². The van der Waals surface area contributed by atoms with Crippen LogP contribution in [0.25, 0.3) is 0 Å². The second-order valence-corrected chi connectivity index (χ2v) is 5.19. The third-order valence-electron chi connectivity index (χ3n) is 3.91. The maximum absolute atomic E-state index is 12.9. The molecule has 1 aliphatic heterocycles. The van der Waals surface area contributed by atoms with Crippen LogP contribution in [-0.2, 0) is 6.18 Å². The van der Waals surface area contributed by atoms with Gasteiger partial charge in [-0.05, 0) is 30.9 Å². The van der Waals surface area contributed by atoms with Crippen LogP contribution in [0.2, 0.25) is 0 Å². The number of piperidine rings is 1. The van der Waals surface area contributed by atoms with Gasteiger partial charge in [-0.3, -0.25) is 0 Å². The van der Waals surface area contributed by atoms with E-state index in [0.29, 0.717) is 11.7 Å². The molecule has 20 heavy (non-hydrogen) atoms. The van der Waals surface area contributed by atoms with Crippen molar-refractivity contribution >= 4 is 11.6 Å². The summed E-state index contributed by atoms with van der Waals surface area (Å²) in [5.74, 6) is 1.35. The molecule has 0 unspecified atom stereocenters. The van der Waals surface area contributed by atoms with Gasteiger partial charge >= 0.3 is 6.18 Å². The van der Waals surface area contributed by atoms with Gasteiger partial charge in [0, 0.05) is 20.1 Å². The molecule has 1 aromatic heterocycles. The van der Waals surface area contributed by atoms with E-state index >= 15 is 0 Å². The first-order valence-electron chi connectivity index (χ1n) is 6.96. The van der Waals surface area contributed by atoms with E-state index in [1.807, 2.05) is 4.90 Å². The molecule has 1 saturated heterocycles. The van der Waals surface area contributed by atoms with Gasteiger partial charge in [-0.2, -0.15) is 13.2 Å². The molecule has 0 spiro atoms. The Labute approximate surface area is 117 Å². The number of halogens is 3. The minimum Gasteiger partial charge on any atom is -0.373 e. The van der Waals surface area contributed by atoms with Gasteiger partial charge in [0.25, 0.3) is 0 Å². The van der Waals surface area contributed by atoms with Gasteiger partial charge in [0.15, 0.2) is 0 Å². The number of rotatable bonds is 3. The molecule has 1 aromatic rings. The lowest BCUT2D eigenvalue weighted by atomic mass is 9.94. The van der Waals surface area contributed by atoms with Crippen molar-refractivity contribution in [2.24, 2.45) is 5.92 Å². The first-order chi connectivity index (χ1) is 9.44. The highest BCUT2D eigenvalue weighted by Crippen LogP contribution is 2.34. The highest BCUT2D eigenvalue weighted by Gasteiger charge is 2.32. The number of aromatic nitrogens is 1. The first kappa shape index (κ1) is 14.9. The van der Waals surface area contributed by atoms with E-state index in [2.05, 4.69) is 17.2 Å². The van der Waals surface area contributed by atoms with Crippen LogP contribution in [0, 0.1) is 5.92 Å². The fraction of sp³-hybridized carbons (Fsp3) is 0.643. The molecule has 0 amide bonds. The average molecular weight is 287 g/mol. The van der Waals surface area contributed by atoms with Crippen molar-refractivity contribution in [3.63, 3.8) is 0 Å². The van der Waals surface area contributed by atoms with Gasteiger partial charge in [-0.1, -0.05) is 13.3 Å². The lowest BCUT2D eigenvalue weighted by Gasteiger charge is -2.32. The lowest BCUT2D eigenvalue weighted by Crippen LogP contribution is -2.34. The smallest absolute Gasteiger partial charge is 0.373 e. The van der Waals surface area contributed by atoms with E-state index in [9.17, 15) is 13.2 Å². The Bertz CT molecular complexity index is 451. The van der Waals surface area contributed by atoms with Crippen LogP contribution in [0.1, 0.15) is 31.7 Å². The summed E-state index contributed by atoms with van der Waals surface area (Å²) in [5.41, 5.74) is -0.649. The molecule has 0 saturated carbocycles. The van der Waals surface area contributed by atoms with Gasteiger partial charge in [0.05, 0.1) is 5.56 Å². The number of anilines is 2. The molecule has 0 aliphatic carbocycles. The summed E-state index contributed by atoms with van der Waals surface area (Å²) in [4.78, 5) is 6.20. The monoisotopic (exact) mass is 287 g/mol. The number of pyridine rings is 1. The van der Waals surface area contributed by atoms with Crippen LogP contribution in [0.5, 0.6) is 0 Å². The van der Waals surface area contributed by atoms with Crippen molar-refractivity contribution in [3.8, 4) is 0 Å². The Morgan fingerprint density at radius 1 is 1.30 bits per heavy atom. The summed E-state index contributed by atoms with van der Waals surface area (Å²) < 4.78 is 38.7. The van der Waals surface area contributed by atoms with Crippen molar-refractivity contribution in [3.05, 3.63) is 17.7 Å². The molecule has 1 aliphatic rings. The molecule has 1 N–H and O–H groups in total. The fourth-order valence-electron chi connectivity index (χ4n) is 2.54. The largest absolute Gasteiger partial charge is 0.416 e. The van der Waals surface area contributed by atoms with Crippen LogP contribution in [0.4, 0.5) is 24.8 Å². The highest BCUT2D eigenvalue weighted by atomic mass is 19.4. The van der Waals surface area contributed by atoms with Crippen molar-refractivity contribution in [2.45, 2.75) is 32.4 Å². The molecule has 0 atom stereocenters. The predicted molar refractivity (Wildman–Crippen MR) is 74.0 cm³/mol. The number of alkyl halides is 3. The SMILES string of the molecule is CCC1CCN(c2cc(C(F)(F)F)cc(NC)n2)CC1. The van der Waals surface area contributed by atoms with Gasteiger partial charge in [0.2, 0.25) is 0 Å². The van der Waals surface area contributed by atoms with Crippen LogP contribution < -0.4 is 10.2 Å². The lowest BCUT2D eigenvalue weighted by molar-refractivity contribution is -0.137. The summed E-state index contributed by atoms with van der Waals surface area (Å²) in [7, 11) is 1.58. The minimum absolute atomic E-state index is 0.257. The van der Waals surface area contributed by atoms with Crippen LogP contribution >= 0.6 is 0 Å². The third-order valence-corrected chi connectivity index (χ3v) is 3.91. The summed E-state index contributed by atoms with van der Waals surface area (Å²) in [6, 6.07) is 2.19. The Morgan fingerprint density at radius 2 is 1.95 bits per heavy atom. The molecule has 0 radical (unpaired) electrons. The maximum Gasteiger partial charge on any atom is 0.416 e. The third kappa shape index (κ3) is 3.35. The zero-order valence-corrected chi connectivity index (χ0v) is 11.8. The fourth-order valence-corrected chi connectivity index (χ4v) is 2.54. The molecular weight excluding hydrogens is 267 g/mol. The Morgan fingerprint density at radius 3 is 2.45 bits per heavy atom. The molecule has 0 bridgehead atoms. The molecule has 3 nitrogen and oxygen atoms in total. The Kier molecular flexibility index (Phi) is 4.40. The summed E-state index contributed by atoms with van der Waals surface area (Å²) in [6.45, 7) is 3.70. The predicted octanol–water partition coefficient (Wildman–Crippen LogP) is 3.77. The molecular formula is C14H20F3N3. The Hall–Kier alpha value is -1.46. The maximum atomic E-state index is 12.9. The average Bonchev–Trinajstić information content (AvgIpc) is 2.46. The second-order valence-electron chi connectivity index (χ2n) is 5.19. The second kappa shape index (κ2) is 5.89. The molecule has 0 aromatic carbocycles. The van der Waals surface area contributed by atoms with Crippen molar-refractivity contribution in [1.82, 2.24) is 4.98 Å². The summed E-state index contributed by atoms with van der Waals surface area (Å²) in [6.07, 6.45) is -1.18. The van der Waals surface area contributed by atoms with E-state index in [-0.39, 0.29) is 5.82 Å². The summed E-state index contributed by atoms with van der Waals surface area (Å²) in [5, 5.41) is 2.70. The summed E-state index contributed by atoms with van der Waals surface area (Å²) >= 11 is 0. The number of nitrogens with one attached hydrogen (secondary N) is 1. The molecule has 2 rings (SSSR count). The van der Waals surface area contributed by atoms with Crippen molar-refractivity contribution < 1.29 is 13.2 Å². The zero-order valence-electron chi connectivity index (χ0n) is 11.8. The van der Waals surface area contributed by atoms with Crippen LogP contribution in [0.3, 0.4) is 0 Å². The van der Waals surface area contributed by atoms with Crippen molar-refractivity contribution in [1.29, 1.82) is 0 Å². The van der Waals surface area contributed by atoms with E-state index in [0.717, 1.165) is 44.5 Å². The molecule has 112 valence electrons. The minimum atomic E-state index is -4.34. The number of hydrogen-bond donors (Lipinski definition) is 1. The van der Waals surface area contributed by atoms with E-state index in [4.69, 9.17) is 0 Å². The van der Waals surface area contributed by atoms with Gasteiger partial charge in [0.1, 0.15) is 11.6 Å². The Balaban J connectivity index is 2.23. The quantitative estimate of drug-likeness (QED) is 0.917. The van der Waals surface area contributed by atoms with E-state index in [1.54, 1.807) is 7.05 Å². The molecule has 6 heteroatoms. The van der Waals surface area contributed by atoms with Gasteiger partial charge in [-0.25, -0.2) is 4.98 Å². The number of nitrogens with zero attached hydrogens (tertiary/aromatic N) is 2. The van der Waals surface area contributed by atoms with Crippen LogP contribution in [-0.4, -0.2) is 25.1 Å². The van der Waals surface area contributed by atoms with Crippen molar-refractivity contribution in [2.75, 3.05) is 30.4 Å².